The number of hydrogen-bond donors (Lipinski definition) is 3. The Labute approximate surface area is 92.9 Å². The zero-order valence-corrected chi connectivity index (χ0v) is 9.59. The van der Waals surface area contributed by atoms with E-state index < -0.39 is 11.3 Å². The molecule has 0 amide bonds. The topological polar surface area (TPSA) is 76.4 Å². The van der Waals surface area contributed by atoms with Crippen LogP contribution in [0.4, 0.5) is 0 Å². The Morgan fingerprint density at radius 3 is 2.73 bits per heavy atom. The first kappa shape index (κ1) is 11.5. The van der Waals surface area contributed by atoms with Gasteiger partial charge in [-0.15, -0.1) is 0 Å². The predicted octanol–water partition coefficient (Wildman–Crippen LogP) is 0.171. The molecule has 3 atom stereocenters. The van der Waals surface area contributed by atoms with Gasteiger partial charge in [0.05, 0.1) is 6.17 Å². The Morgan fingerprint density at radius 2 is 2.20 bits per heavy atom. The molecular weight excluding hydrogens is 214 g/mol. The van der Waals surface area contributed by atoms with E-state index in [1.807, 2.05) is 0 Å². The zero-order valence-electron chi connectivity index (χ0n) is 8.78. The summed E-state index contributed by atoms with van der Waals surface area (Å²) in [6, 6.07) is 0. The lowest BCUT2D eigenvalue weighted by Gasteiger charge is -2.23. The predicted molar refractivity (Wildman–Crippen MR) is 58.4 cm³/mol. The van der Waals surface area contributed by atoms with Crippen LogP contribution in [0.1, 0.15) is 32.1 Å². The molecule has 0 bridgehead atoms. The maximum Gasteiger partial charge on any atom is 0.253 e. The van der Waals surface area contributed by atoms with Gasteiger partial charge in [0.2, 0.25) is 0 Å². The van der Waals surface area contributed by atoms with E-state index in [-0.39, 0.29) is 6.17 Å². The van der Waals surface area contributed by atoms with Crippen LogP contribution in [0.15, 0.2) is 0 Å². The van der Waals surface area contributed by atoms with E-state index in [0.29, 0.717) is 12.5 Å². The van der Waals surface area contributed by atoms with Crippen molar-refractivity contribution in [3.05, 3.63) is 0 Å². The number of hydrogen-bond acceptors (Lipinski definition) is 4. The Bertz CT molecular complexity index is 233. The van der Waals surface area contributed by atoms with E-state index in [0.717, 1.165) is 12.3 Å². The largest absolute Gasteiger partial charge is 0.330 e. The van der Waals surface area contributed by atoms with Crippen molar-refractivity contribution in [2.75, 3.05) is 6.54 Å². The van der Waals surface area contributed by atoms with Crippen LogP contribution >= 0.6 is 0 Å². The molecule has 1 aliphatic heterocycles. The van der Waals surface area contributed by atoms with E-state index in [1.165, 1.54) is 25.7 Å². The molecule has 0 aromatic carbocycles. The maximum atomic E-state index is 10.9. The lowest BCUT2D eigenvalue weighted by molar-refractivity contribution is 0.180. The van der Waals surface area contributed by atoms with Gasteiger partial charge in [-0.2, -0.15) is 14.5 Å². The molecule has 0 spiro atoms. The van der Waals surface area contributed by atoms with Gasteiger partial charge in [0.1, 0.15) is 0 Å². The summed E-state index contributed by atoms with van der Waals surface area (Å²) in [5, 5.41) is 0. The van der Waals surface area contributed by atoms with Crippen LogP contribution in [-0.4, -0.2) is 16.9 Å². The van der Waals surface area contributed by atoms with Crippen LogP contribution in [0.2, 0.25) is 0 Å². The van der Waals surface area contributed by atoms with Gasteiger partial charge in [-0.1, -0.05) is 25.7 Å². The summed E-state index contributed by atoms with van der Waals surface area (Å²) in [4.78, 5) is 0. The van der Waals surface area contributed by atoms with Crippen molar-refractivity contribution in [1.82, 2.24) is 10.2 Å². The first-order valence-electron chi connectivity index (χ1n) is 5.60. The van der Waals surface area contributed by atoms with Gasteiger partial charge < -0.3 is 5.73 Å². The molecular formula is C9H19N3O2S. The maximum absolute atomic E-state index is 10.9. The Morgan fingerprint density at radius 1 is 1.47 bits per heavy atom. The first-order valence-corrected chi connectivity index (χ1v) is 6.68. The quantitative estimate of drug-likeness (QED) is 0.647. The fourth-order valence-electron chi connectivity index (χ4n) is 2.57. The van der Waals surface area contributed by atoms with E-state index in [9.17, 15) is 4.21 Å². The van der Waals surface area contributed by atoms with Crippen LogP contribution < -0.4 is 15.9 Å². The van der Waals surface area contributed by atoms with Crippen LogP contribution in [0.5, 0.6) is 0 Å². The second-order valence-electron chi connectivity index (χ2n) is 4.38. The molecule has 0 aromatic heterocycles. The second kappa shape index (κ2) is 5.36. The second-order valence-corrected chi connectivity index (χ2v) is 5.25. The van der Waals surface area contributed by atoms with Crippen molar-refractivity contribution in [2.24, 2.45) is 17.6 Å². The summed E-state index contributed by atoms with van der Waals surface area (Å²) in [5.41, 5.74) is 8.52. The molecule has 0 aromatic rings. The SMILES string of the molecule is NCC(CC1NOS(=O)N1)C1CCCC1. The van der Waals surface area contributed by atoms with Crippen LogP contribution in [0.25, 0.3) is 0 Å². The number of rotatable bonds is 4. The van der Waals surface area contributed by atoms with Crippen molar-refractivity contribution >= 4 is 11.3 Å². The fourth-order valence-corrected chi connectivity index (χ4v) is 3.20. The summed E-state index contributed by atoms with van der Waals surface area (Å²) in [6.07, 6.45) is 6.12. The smallest absolute Gasteiger partial charge is 0.253 e. The average molecular weight is 233 g/mol. The summed E-state index contributed by atoms with van der Waals surface area (Å²) in [5.74, 6) is 1.25. The lowest BCUT2D eigenvalue weighted by atomic mass is 9.87. The van der Waals surface area contributed by atoms with Gasteiger partial charge in [0.25, 0.3) is 11.3 Å². The molecule has 1 heterocycles. The Balaban J connectivity index is 1.82. The third-order valence-corrected chi connectivity index (χ3v) is 4.14. The van der Waals surface area contributed by atoms with Crippen molar-refractivity contribution in [2.45, 2.75) is 38.3 Å². The van der Waals surface area contributed by atoms with E-state index in [4.69, 9.17) is 10.0 Å². The molecule has 0 radical (unpaired) electrons. The Kier molecular flexibility index (Phi) is 4.10. The number of nitrogens with two attached hydrogens (primary N) is 1. The third kappa shape index (κ3) is 2.98. The van der Waals surface area contributed by atoms with Gasteiger partial charge in [-0.25, -0.2) is 4.21 Å². The Hall–Kier alpha value is -0.0100. The van der Waals surface area contributed by atoms with Gasteiger partial charge in [0.15, 0.2) is 0 Å². The zero-order chi connectivity index (χ0) is 10.7. The minimum atomic E-state index is -1.37. The lowest BCUT2D eigenvalue weighted by Crippen LogP contribution is -2.36. The van der Waals surface area contributed by atoms with E-state index in [2.05, 4.69) is 10.2 Å². The number of hydroxylamine groups is 1. The van der Waals surface area contributed by atoms with Crippen LogP contribution in [0, 0.1) is 11.8 Å². The van der Waals surface area contributed by atoms with Crippen molar-refractivity contribution in [3.63, 3.8) is 0 Å². The van der Waals surface area contributed by atoms with Gasteiger partial charge in [-0.3, -0.25) is 0 Å². The standard InChI is InChI=1S/C9H19N3O2S/c10-6-8(7-3-1-2-4-7)5-9-11-14-15(13)12-9/h7-9,11-12H,1-6,10H2. The molecule has 1 saturated heterocycles. The highest BCUT2D eigenvalue weighted by Crippen LogP contribution is 2.33. The average Bonchev–Trinajstić information content (AvgIpc) is 2.85. The molecule has 4 N–H and O–H groups in total. The minimum Gasteiger partial charge on any atom is -0.330 e. The highest BCUT2D eigenvalue weighted by Gasteiger charge is 2.29. The fraction of sp³-hybridized carbons (Fsp3) is 1.00. The van der Waals surface area contributed by atoms with E-state index >= 15 is 0 Å². The van der Waals surface area contributed by atoms with Gasteiger partial charge in [-0.05, 0) is 24.8 Å². The molecule has 5 nitrogen and oxygen atoms in total. The summed E-state index contributed by atoms with van der Waals surface area (Å²) >= 11 is -1.37. The van der Waals surface area contributed by atoms with Crippen LogP contribution in [-0.2, 0) is 15.6 Å². The number of nitrogens with one attached hydrogen (secondary N) is 2. The third-order valence-electron chi connectivity index (χ3n) is 3.41. The normalized spacial score (nSPS) is 34.7. The van der Waals surface area contributed by atoms with Crippen molar-refractivity contribution in [1.29, 1.82) is 0 Å². The molecule has 88 valence electrons. The van der Waals surface area contributed by atoms with Crippen molar-refractivity contribution in [3.8, 4) is 0 Å². The molecule has 6 heteroatoms. The highest BCUT2D eigenvalue weighted by molar-refractivity contribution is 7.78. The monoisotopic (exact) mass is 233 g/mol. The molecule has 1 aliphatic carbocycles. The summed E-state index contributed by atoms with van der Waals surface area (Å²) < 4.78 is 18.5. The molecule has 2 rings (SSSR count). The van der Waals surface area contributed by atoms with Crippen molar-refractivity contribution < 1.29 is 8.49 Å². The summed E-state index contributed by atoms with van der Waals surface area (Å²) in [7, 11) is 0. The van der Waals surface area contributed by atoms with Crippen LogP contribution in [0.3, 0.4) is 0 Å². The molecule has 3 unspecified atom stereocenters. The first-order chi connectivity index (χ1) is 7.29. The van der Waals surface area contributed by atoms with Gasteiger partial charge in [0, 0.05) is 0 Å². The van der Waals surface area contributed by atoms with E-state index in [1.54, 1.807) is 0 Å². The minimum absolute atomic E-state index is 0.0139. The molecule has 2 fully saturated rings. The molecule has 15 heavy (non-hydrogen) atoms. The molecule has 2 aliphatic rings. The summed E-state index contributed by atoms with van der Waals surface area (Å²) in [6.45, 7) is 0.706. The highest BCUT2D eigenvalue weighted by atomic mass is 32.2. The van der Waals surface area contributed by atoms with Gasteiger partial charge >= 0.3 is 0 Å². The molecule has 1 saturated carbocycles.